The number of carboxylic acids is 1. The van der Waals surface area contributed by atoms with Crippen LogP contribution in [0.5, 0.6) is 5.75 Å². The highest BCUT2D eigenvalue weighted by atomic mass is 16.5. The van der Waals surface area contributed by atoms with Gasteiger partial charge in [0, 0.05) is 12.6 Å². The quantitative estimate of drug-likeness (QED) is 0.403. The van der Waals surface area contributed by atoms with Gasteiger partial charge in [0.05, 0.1) is 17.3 Å². The Bertz CT molecular complexity index is 1310. The number of nitrogens with zero attached hydrogens (tertiary/aromatic N) is 2. The molecule has 0 saturated carbocycles. The van der Waals surface area contributed by atoms with E-state index in [1.165, 1.54) is 18.2 Å². The van der Waals surface area contributed by atoms with Crippen LogP contribution >= 0.6 is 0 Å². The number of nitrogens with one attached hydrogen (secondary N) is 3. The first-order valence-electron chi connectivity index (χ1n) is 10.6. The number of carbonyl (C=O) groups excluding carboxylic acids is 3. The Hall–Kier alpha value is -4.80. The van der Waals surface area contributed by atoms with Gasteiger partial charge in [0.1, 0.15) is 23.5 Å². The summed E-state index contributed by atoms with van der Waals surface area (Å²) >= 11 is 0. The van der Waals surface area contributed by atoms with E-state index in [0.717, 1.165) is 11.9 Å². The van der Waals surface area contributed by atoms with Gasteiger partial charge < -0.3 is 25.8 Å². The van der Waals surface area contributed by atoms with Crippen molar-refractivity contribution in [3.05, 3.63) is 82.9 Å². The number of ether oxygens (including phenoxy) is 1. The van der Waals surface area contributed by atoms with Crippen LogP contribution in [0.1, 0.15) is 55.4 Å². The van der Waals surface area contributed by atoms with E-state index in [4.69, 9.17) is 9.84 Å². The van der Waals surface area contributed by atoms with Crippen LogP contribution in [0.15, 0.2) is 54.9 Å². The van der Waals surface area contributed by atoms with Crippen LogP contribution in [0.2, 0.25) is 0 Å². The number of fused-ring (bicyclic) bond motifs is 1. The van der Waals surface area contributed by atoms with Crippen molar-refractivity contribution in [1.82, 2.24) is 20.6 Å². The van der Waals surface area contributed by atoms with Crippen molar-refractivity contribution in [3.8, 4) is 5.75 Å². The van der Waals surface area contributed by atoms with Crippen LogP contribution in [0.25, 0.3) is 0 Å². The summed E-state index contributed by atoms with van der Waals surface area (Å²) < 4.78 is 5.31. The van der Waals surface area contributed by atoms with E-state index in [9.17, 15) is 19.2 Å². The molecule has 35 heavy (non-hydrogen) atoms. The lowest BCUT2D eigenvalue weighted by Gasteiger charge is -2.18. The number of benzene rings is 2. The normalized spacial score (nSPS) is 13.0. The van der Waals surface area contributed by atoms with Crippen molar-refractivity contribution in [3.63, 3.8) is 0 Å². The summed E-state index contributed by atoms with van der Waals surface area (Å²) in [5, 5.41) is 17.2. The Kier molecular flexibility index (Phi) is 6.67. The van der Waals surface area contributed by atoms with Gasteiger partial charge in [0.2, 0.25) is 0 Å². The molecule has 4 N–H and O–H groups in total. The third-order valence-electron chi connectivity index (χ3n) is 5.27. The second kappa shape index (κ2) is 10.00. The zero-order valence-corrected chi connectivity index (χ0v) is 18.6. The first-order valence-corrected chi connectivity index (χ1v) is 10.6. The minimum absolute atomic E-state index is 0.00722. The van der Waals surface area contributed by atoms with Crippen LogP contribution in [0.3, 0.4) is 0 Å². The van der Waals surface area contributed by atoms with E-state index < -0.39 is 23.8 Å². The summed E-state index contributed by atoms with van der Waals surface area (Å²) in [6.45, 7) is 1.87. The molecule has 1 aliphatic rings. The van der Waals surface area contributed by atoms with E-state index in [-0.39, 0.29) is 36.0 Å². The predicted octanol–water partition coefficient (Wildman–Crippen LogP) is 1.93. The molecule has 0 radical (unpaired) electrons. The molecule has 2 aromatic carbocycles. The van der Waals surface area contributed by atoms with Crippen LogP contribution in [-0.2, 0) is 11.3 Å². The van der Waals surface area contributed by atoms with E-state index in [1.54, 1.807) is 37.3 Å². The second-order valence-corrected chi connectivity index (χ2v) is 7.76. The minimum atomic E-state index is -1.03. The molecule has 0 saturated heterocycles. The van der Waals surface area contributed by atoms with Gasteiger partial charge in [-0.3, -0.25) is 14.4 Å². The maximum absolute atomic E-state index is 12.6. The second-order valence-electron chi connectivity index (χ2n) is 7.76. The average Bonchev–Trinajstić information content (AvgIpc) is 2.87. The summed E-state index contributed by atoms with van der Waals surface area (Å²) in [7, 11) is 0. The molecule has 1 atom stereocenters. The molecule has 0 fully saturated rings. The Morgan fingerprint density at radius 3 is 2.49 bits per heavy atom. The van der Waals surface area contributed by atoms with E-state index >= 15 is 0 Å². The molecule has 4 rings (SSSR count). The first kappa shape index (κ1) is 23.4. The van der Waals surface area contributed by atoms with E-state index in [0.29, 0.717) is 17.0 Å². The van der Waals surface area contributed by atoms with Crippen molar-refractivity contribution < 1.29 is 29.0 Å². The number of anilines is 1. The topological polar surface area (TPSA) is 160 Å². The molecular weight excluding hydrogens is 454 g/mol. The molecule has 0 spiro atoms. The van der Waals surface area contributed by atoms with Crippen molar-refractivity contribution in [2.45, 2.75) is 19.5 Å². The highest BCUT2D eigenvalue weighted by Gasteiger charge is 2.18. The Morgan fingerprint density at radius 1 is 1.06 bits per heavy atom. The third-order valence-corrected chi connectivity index (χ3v) is 5.27. The summed E-state index contributed by atoms with van der Waals surface area (Å²) in [6.07, 6.45) is 1.13. The highest BCUT2D eigenvalue weighted by Crippen LogP contribution is 2.28. The lowest BCUT2D eigenvalue weighted by atomic mass is 10.1. The van der Waals surface area contributed by atoms with E-state index in [1.807, 2.05) is 0 Å². The highest BCUT2D eigenvalue weighted by molar-refractivity contribution is 5.97. The number of rotatable bonds is 7. The van der Waals surface area contributed by atoms with Crippen molar-refractivity contribution in [2.75, 3.05) is 11.9 Å². The van der Waals surface area contributed by atoms with Crippen molar-refractivity contribution >= 4 is 29.4 Å². The van der Waals surface area contributed by atoms with Gasteiger partial charge in [-0.25, -0.2) is 14.8 Å². The fourth-order valence-corrected chi connectivity index (χ4v) is 3.39. The molecule has 0 bridgehead atoms. The van der Waals surface area contributed by atoms with Crippen LogP contribution < -0.4 is 20.7 Å². The molecule has 11 heteroatoms. The summed E-state index contributed by atoms with van der Waals surface area (Å²) in [5.41, 5.74) is 2.14. The zero-order valence-electron chi connectivity index (χ0n) is 18.6. The Balaban J connectivity index is 1.37. The predicted molar refractivity (Wildman–Crippen MR) is 123 cm³/mol. The van der Waals surface area contributed by atoms with Gasteiger partial charge in [-0.05, 0) is 42.3 Å². The molecule has 2 heterocycles. The lowest BCUT2D eigenvalue weighted by Crippen LogP contribution is -2.29. The van der Waals surface area contributed by atoms with Crippen LogP contribution in [0.4, 0.5) is 5.69 Å². The minimum Gasteiger partial charge on any atom is -0.482 e. The maximum atomic E-state index is 12.6. The number of hydrogen-bond donors (Lipinski definition) is 4. The number of hydrogen-bond acceptors (Lipinski definition) is 7. The molecular formula is C24H21N5O6. The maximum Gasteiger partial charge on any atom is 0.335 e. The molecule has 178 valence electrons. The molecule has 0 aliphatic carbocycles. The van der Waals surface area contributed by atoms with E-state index in [2.05, 4.69) is 25.9 Å². The largest absolute Gasteiger partial charge is 0.482 e. The SMILES string of the molecule is C[C@H](NC(=O)c1cc(C(=O)NCc2ccc3c(c2)NC(=O)CO3)ncn1)c1ccc(C(=O)O)cc1. The fraction of sp³-hybridized carbons (Fsp3) is 0.167. The zero-order chi connectivity index (χ0) is 24.9. The van der Waals surface area contributed by atoms with Crippen molar-refractivity contribution in [1.29, 1.82) is 0 Å². The summed E-state index contributed by atoms with van der Waals surface area (Å²) in [4.78, 5) is 55.6. The fourth-order valence-electron chi connectivity index (χ4n) is 3.39. The number of aromatic carboxylic acids is 1. The molecule has 11 nitrogen and oxygen atoms in total. The summed E-state index contributed by atoms with van der Waals surface area (Å²) in [6, 6.07) is 12.2. The molecule has 3 amide bonds. The lowest BCUT2D eigenvalue weighted by molar-refractivity contribution is -0.118. The van der Waals surface area contributed by atoms with Gasteiger partial charge in [-0.1, -0.05) is 18.2 Å². The van der Waals surface area contributed by atoms with Crippen molar-refractivity contribution in [2.24, 2.45) is 0 Å². The van der Waals surface area contributed by atoms with Crippen LogP contribution in [-0.4, -0.2) is 45.4 Å². The number of amides is 3. The number of carbonyl (C=O) groups is 4. The molecule has 0 unspecified atom stereocenters. The smallest absolute Gasteiger partial charge is 0.335 e. The first-order chi connectivity index (χ1) is 16.8. The number of aromatic nitrogens is 2. The standard InChI is InChI=1S/C24H21N5O6/c1-13(15-3-5-16(6-4-15)24(33)34)28-23(32)19-9-18(26-12-27-19)22(31)25-10-14-2-7-20-17(8-14)29-21(30)11-35-20/h2-9,12-13H,10-11H2,1H3,(H,25,31)(H,28,32)(H,29,30)(H,33,34)/t13-/m0/s1. The Morgan fingerprint density at radius 2 is 1.77 bits per heavy atom. The van der Waals surface area contributed by atoms with Gasteiger partial charge in [-0.2, -0.15) is 0 Å². The average molecular weight is 475 g/mol. The third kappa shape index (κ3) is 5.58. The van der Waals surface area contributed by atoms with Crippen LogP contribution in [0, 0.1) is 0 Å². The molecule has 3 aromatic rings. The van der Waals surface area contributed by atoms with Gasteiger partial charge in [0.15, 0.2) is 6.61 Å². The van der Waals surface area contributed by atoms with Gasteiger partial charge in [0.25, 0.3) is 17.7 Å². The monoisotopic (exact) mass is 475 g/mol. The van der Waals surface area contributed by atoms with Gasteiger partial charge >= 0.3 is 5.97 Å². The molecule has 1 aliphatic heterocycles. The molecule has 1 aromatic heterocycles. The summed E-state index contributed by atoms with van der Waals surface area (Å²) in [5.74, 6) is -1.75. The van der Waals surface area contributed by atoms with Gasteiger partial charge in [-0.15, -0.1) is 0 Å². The number of carboxylic acid groups (broad SMARTS) is 1. The Labute approximate surface area is 199 Å².